The molecule has 0 aliphatic rings. The van der Waals surface area contributed by atoms with Crippen LogP contribution in [0.2, 0.25) is 0 Å². The molecule has 0 radical (unpaired) electrons. The molecule has 55 heavy (non-hydrogen) atoms. The van der Waals surface area contributed by atoms with Crippen LogP contribution in [0, 0.1) is 0 Å². The van der Waals surface area contributed by atoms with Gasteiger partial charge in [-0.3, -0.25) is 0 Å². The Bertz CT molecular complexity index is 1150. The lowest BCUT2D eigenvalue weighted by molar-refractivity contribution is -0.0241. The molecule has 0 spiro atoms. The number of nitrogens with zero attached hydrogens (tertiary/aromatic N) is 3. The van der Waals surface area contributed by atoms with Gasteiger partial charge in [0.05, 0.1) is 136 Å². The molecule has 0 fully saturated rings. The Labute approximate surface area is 328 Å². The summed E-state index contributed by atoms with van der Waals surface area (Å²) in [6, 6.07) is 6.10. The van der Waals surface area contributed by atoms with Crippen LogP contribution in [-0.4, -0.2) is 134 Å². The van der Waals surface area contributed by atoms with E-state index in [9.17, 15) is 8.76 Å². The number of unbranched alkanes of at least 4 members (excludes halogenated alkanes) is 6. The number of hydrogen-bond donors (Lipinski definition) is 0. The van der Waals surface area contributed by atoms with Gasteiger partial charge in [-0.2, -0.15) is 0 Å². The number of halogens is 1. The maximum atomic E-state index is 12.0. The van der Waals surface area contributed by atoms with Crippen molar-refractivity contribution in [1.29, 1.82) is 0 Å². The summed E-state index contributed by atoms with van der Waals surface area (Å²) in [5.41, 5.74) is 1.80. The fourth-order valence-corrected chi connectivity index (χ4v) is 5.10. The van der Waals surface area contributed by atoms with Gasteiger partial charge in [-0.15, -0.1) is 9.62 Å². The van der Waals surface area contributed by atoms with Gasteiger partial charge in [0.25, 0.3) is 0 Å². The Balaban J connectivity index is 1.43. The lowest BCUT2D eigenvalue weighted by Gasteiger charge is -2.13. The number of benzene rings is 1. The van der Waals surface area contributed by atoms with Crippen molar-refractivity contribution in [2.75, 3.05) is 119 Å². The average molecular weight is 807 g/mol. The van der Waals surface area contributed by atoms with Crippen molar-refractivity contribution in [2.24, 2.45) is 0 Å². The van der Waals surface area contributed by atoms with Crippen LogP contribution in [0.1, 0.15) is 76.5 Å². The lowest BCUT2D eigenvalue weighted by atomic mass is 10.2. The van der Waals surface area contributed by atoms with Gasteiger partial charge in [0.15, 0.2) is 0 Å². The van der Waals surface area contributed by atoms with Crippen molar-refractivity contribution < 1.29 is 60.7 Å². The zero-order valence-corrected chi connectivity index (χ0v) is 34.1. The van der Waals surface area contributed by atoms with E-state index in [0.717, 1.165) is 35.6 Å². The molecular weight excluding hydrogens is 740 g/mol. The van der Waals surface area contributed by atoms with Gasteiger partial charge < -0.3 is 47.4 Å². The minimum atomic E-state index is -3.07. The molecule has 0 aliphatic heterocycles. The predicted molar refractivity (Wildman–Crippen MR) is 205 cm³/mol. The third-order valence-corrected chi connectivity index (χ3v) is 8.06. The highest BCUT2D eigenvalue weighted by Crippen LogP contribution is 2.25. The van der Waals surface area contributed by atoms with Crippen molar-refractivity contribution in [3.63, 3.8) is 0 Å². The highest BCUT2D eigenvalue weighted by atomic mass is 31.2. The summed E-state index contributed by atoms with van der Waals surface area (Å²) < 4.78 is 84.0. The number of aromatic nitrogens is 3. The van der Waals surface area contributed by atoms with Crippen molar-refractivity contribution in [3.8, 4) is 11.5 Å². The fourth-order valence-electron chi connectivity index (χ4n) is 4.88. The minimum absolute atomic E-state index is 0.0540. The second-order valence-electron chi connectivity index (χ2n) is 12.4. The fraction of sp³-hybridized carbons (Fsp3) is 0.789. The molecule has 0 N–H and O–H groups in total. The Morgan fingerprint density at radius 1 is 0.545 bits per heavy atom. The van der Waals surface area contributed by atoms with Gasteiger partial charge >= 0.3 is 8.34 Å². The maximum Gasteiger partial charge on any atom is 0.746 e. The summed E-state index contributed by atoms with van der Waals surface area (Å²) in [6.07, 6.45) is 11.2. The van der Waals surface area contributed by atoms with Crippen molar-refractivity contribution in [1.82, 2.24) is 15.0 Å². The molecule has 0 aliphatic carbocycles. The van der Waals surface area contributed by atoms with Crippen molar-refractivity contribution >= 4 is 8.34 Å². The smallest absolute Gasteiger partial charge is 0.493 e. The SMILES string of the molecule is CCCCCCOc1cc(Cn2cc(COCCOCCOCCOCCOCCOCCOCCOCCO[P+](=O)F)nn2)cc(OCCCCCC)c1. The van der Waals surface area contributed by atoms with Crippen LogP contribution in [0.3, 0.4) is 0 Å². The highest BCUT2D eigenvalue weighted by Gasteiger charge is 2.14. The quantitative estimate of drug-likeness (QED) is 0.0530. The van der Waals surface area contributed by atoms with E-state index in [1.807, 2.05) is 12.3 Å². The average Bonchev–Trinajstić information content (AvgIpc) is 3.62. The first kappa shape index (κ1) is 48.8. The predicted octanol–water partition coefficient (Wildman–Crippen LogP) is 6.52. The first-order chi connectivity index (χ1) is 27.1. The van der Waals surface area contributed by atoms with E-state index < -0.39 is 8.34 Å². The highest BCUT2D eigenvalue weighted by molar-refractivity contribution is 7.32. The second kappa shape index (κ2) is 36.0. The summed E-state index contributed by atoms with van der Waals surface area (Å²) in [5.74, 6) is 1.65. The van der Waals surface area contributed by atoms with Crippen LogP contribution in [-0.2, 0) is 60.1 Å². The molecule has 1 heterocycles. The van der Waals surface area contributed by atoms with Crippen LogP contribution in [0.25, 0.3) is 0 Å². The van der Waals surface area contributed by atoms with Gasteiger partial charge in [0.2, 0.25) is 0 Å². The maximum absolute atomic E-state index is 12.0. The molecular formula is C38H66FN3O12P+. The number of rotatable bonds is 41. The normalized spacial score (nSPS) is 11.7. The summed E-state index contributed by atoms with van der Waals surface area (Å²) >= 11 is 0. The van der Waals surface area contributed by atoms with Crippen LogP contribution in [0.4, 0.5) is 4.20 Å². The zero-order chi connectivity index (χ0) is 39.3. The molecule has 2 aromatic rings. The molecule has 316 valence electrons. The van der Waals surface area contributed by atoms with E-state index in [1.54, 1.807) is 4.68 Å². The summed E-state index contributed by atoms with van der Waals surface area (Å²) in [5, 5.41) is 8.56. The molecule has 1 aromatic carbocycles. The van der Waals surface area contributed by atoms with Crippen LogP contribution < -0.4 is 9.47 Å². The Morgan fingerprint density at radius 3 is 1.38 bits per heavy atom. The van der Waals surface area contributed by atoms with Gasteiger partial charge in [0, 0.05) is 10.6 Å². The molecule has 0 amide bonds. The van der Waals surface area contributed by atoms with Crippen molar-refractivity contribution in [2.45, 2.75) is 78.4 Å². The second-order valence-corrected chi connectivity index (χ2v) is 13.1. The monoisotopic (exact) mass is 806 g/mol. The standard InChI is InChI=1S/C38H66FN3O12P/c1-3-5-7-9-11-52-37-29-35(30-38(31-37)53-12-10-8-6-4-2)32-42-33-36(40-41-42)34-51-26-25-49-22-21-47-18-17-45-14-13-44-15-16-46-19-20-48-23-24-50-27-28-54-55(39)43/h29-31,33H,3-28,32,34H2,1-2H3/q+1. The largest absolute Gasteiger partial charge is 0.746 e. The molecule has 1 unspecified atom stereocenters. The van der Waals surface area contributed by atoms with E-state index in [4.69, 9.17) is 47.4 Å². The summed E-state index contributed by atoms with van der Waals surface area (Å²) in [4.78, 5) is 0. The summed E-state index contributed by atoms with van der Waals surface area (Å²) in [6.45, 7) is 13.0. The first-order valence-corrected chi connectivity index (χ1v) is 20.8. The molecule has 0 bridgehead atoms. The van der Waals surface area contributed by atoms with E-state index in [2.05, 4.69) is 40.8 Å². The van der Waals surface area contributed by atoms with E-state index >= 15 is 0 Å². The molecule has 0 saturated heterocycles. The van der Waals surface area contributed by atoms with Crippen LogP contribution in [0.15, 0.2) is 24.4 Å². The first-order valence-electron chi connectivity index (χ1n) is 19.8. The molecule has 17 heteroatoms. The van der Waals surface area contributed by atoms with Gasteiger partial charge in [0.1, 0.15) is 23.8 Å². The topological polar surface area (TPSA) is 149 Å². The number of ether oxygens (including phenoxy) is 10. The van der Waals surface area contributed by atoms with Crippen LogP contribution >= 0.6 is 8.34 Å². The molecule has 1 aromatic heterocycles. The van der Waals surface area contributed by atoms with Gasteiger partial charge in [-0.05, 0) is 30.5 Å². The number of hydrogen-bond acceptors (Lipinski definition) is 14. The van der Waals surface area contributed by atoms with Gasteiger partial charge in [-0.25, -0.2) is 4.68 Å². The Morgan fingerprint density at radius 2 is 0.964 bits per heavy atom. The molecule has 0 saturated carbocycles. The molecule has 15 nitrogen and oxygen atoms in total. The van der Waals surface area contributed by atoms with E-state index in [0.29, 0.717) is 119 Å². The minimum Gasteiger partial charge on any atom is -0.493 e. The van der Waals surface area contributed by atoms with E-state index in [-0.39, 0.29) is 13.2 Å². The van der Waals surface area contributed by atoms with E-state index in [1.165, 1.54) is 38.5 Å². The van der Waals surface area contributed by atoms with Crippen LogP contribution in [0.5, 0.6) is 11.5 Å². The summed E-state index contributed by atoms with van der Waals surface area (Å²) in [7, 11) is -3.07. The zero-order valence-electron chi connectivity index (χ0n) is 33.2. The third-order valence-electron chi connectivity index (χ3n) is 7.68. The van der Waals surface area contributed by atoms with Crippen molar-refractivity contribution in [3.05, 3.63) is 35.7 Å². The van der Waals surface area contributed by atoms with Gasteiger partial charge in [-0.1, -0.05) is 57.6 Å². The molecule has 1 atom stereocenters. The lowest BCUT2D eigenvalue weighted by Crippen LogP contribution is -2.15. The molecule has 2 rings (SSSR count). The third kappa shape index (κ3) is 29.5. The Kier molecular flexibility index (Phi) is 31.9. The Hall–Kier alpha value is -2.37.